The minimum Gasteiger partial charge on any atom is -0.493 e. The first-order chi connectivity index (χ1) is 12.6. The molecule has 2 heterocycles. The molecule has 2 unspecified atom stereocenters. The van der Waals surface area contributed by atoms with Gasteiger partial charge in [0.25, 0.3) is 0 Å². The van der Waals surface area contributed by atoms with Crippen molar-refractivity contribution >= 4 is 17.3 Å². The fourth-order valence-corrected chi connectivity index (χ4v) is 5.18. The Morgan fingerprint density at radius 3 is 2.85 bits per heavy atom. The lowest BCUT2D eigenvalue weighted by Crippen LogP contribution is -2.28. The molecule has 0 saturated heterocycles. The predicted octanol–water partition coefficient (Wildman–Crippen LogP) is 4.39. The largest absolute Gasteiger partial charge is 0.493 e. The van der Waals surface area contributed by atoms with Crippen molar-refractivity contribution in [3.05, 3.63) is 51.7 Å². The number of carboxylic acid groups (broad SMARTS) is 1. The van der Waals surface area contributed by atoms with E-state index in [2.05, 4.69) is 11.4 Å². The van der Waals surface area contributed by atoms with Crippen LogP contribution in [0.2, 0.25) is 0 Å². The van der Waals surface area contributed by atoms with Gasteiger partial charge in [-0.05, 0) is 48.3 Å². The average Bonchev–Trinajstić information content (AvgIpc) is 3.17. The van der Waals surface area contributed by atoms with Gasteiger partial charge in [0, 0.05) is 16.4 Å². The number of aliphatic hydroxyl groups excluding tert-OH is 1. The molecule has 1 saturated carbocycles. The van der Waals surface area contributed by atoms with E-state index < -0.39 is 12.1 Å². The molecule has 5 heteroatoms. The van der Waals surface area contributed by atoms with Crippen molar-refractivity contribution in [1.29, 1.82) is 0 Å². The first-order valence-electron chi connectivity index (χ1n) is 9.33. The zero-order valence-corrected chi connectivity index (χ0v) is 15.5. The van der Waals surface area contributed by atoms with E-state index in [1.165, 1.54) is 4.88 Å². The molecule has 138 valence electrons. The van der Waals surface area contributed by atoms with Crippen molar-refractivity contribution < 1.29 is 19.7 Å². The monoisotopic (exact) mass is 372 g/mol. The second-order valence-corrected chi connectivity index (χ2v) is 8.46. The van der Waals surface area contributed by atoms with Crippen molar-refractivity contribution in [2.24, 2.45) is 11.8 Å². The highest BCUT2D eigenvalue weighted by Gasteiger charge is 2.34. The normalized spacial score (nSPS) is 28.2. The molecular weight excluding hydrogens is 348 g/mol. The maximum Gasteiger partial charge on any atom is 0.307 e. The number of hydrogen-bond acceptors (Lipinski definition) is 4. The number of rotatable bonds is 4. The molecule has 26 heavy (non-hydrogen) atoms. The number of fused-ring (bicyclic) bond motifs is 1. The van der Waals surface area contributed by atoms with Crippen LogP contribution < -0.4 is 4.74 Å². The molecule has 4 rings (SSSR count). The van der Waals surface area contributed by atoms with Gasteiger partial charge in [-0.25, -0.2) is 0 Å². The molecular formula is C21H24O4S. The van der Waals surface area contributed by atoms with E-state index in [9.17, 15) is 15.0 Å². The molecule has 2 N–H and O–H groups in total. The summed E-state index contributed by atoms with van der Waals surface area (Å²) in [5.74, 6) is -0.219. The van der Waals surface area contributed by atoms with Crippen LogP contribution in [-0.2, 0) is 11.2 Å². The van der Waals surface area contributed by atoms with Gasteiger partial charge in [-0.1, -0.05) is 31.0 Å². The van der Waals surface area contributed by atoms with Crippen molar-refractivity contribution in [1.82, 2.24) is 0 Å². The van der Waals surface area contributed by atoms with Gasteiger partial charge in [0.15, 0.2) is 0 Å². The molecule has 0 radical (unpaired) electrons. The van der Waals surface area contributed by atoms with E-state index in [1.807, 2.05) is 24.3 Å². The number of aliphatic carboxylic acids is 1. The Morgan fingerprint density at radius 2 is 2.08 bits per heavy atom. The first kappa shape index (κ1) is 17.6. The quantitative estimate of drug-likeness (QED) is 0.835. The van der Waals surface area contributed by atoms with Crippen LogP contribution >= 0.6 is 11.3 Å². The third-order valence-corrected chi connectivity index (χ3v) is 6.71. The van der Waals surface area contributed by atoms with Crippen LogP contribution in [0.3, 0.4) is 0 Å². The molecule has 1 aliphatic heterocycles. The standard InChI is InChI=1S/C21H24O4S/c22-20-14(10-15-4-3-9-26-15)12-25-19-11-13(7-8-18(19)20)16-5-1-2-6-17(16)21(23)24/h3-4,7-9,11,14,16-17,20,22H,1-2,5-6,10,12H2,(H,23,24)/t14-,16?,17?,20+/m0/s1. The zero-order chi connectivity index (χ0) is 18.1. The molecule has 4 nitrogen and oxygen atoms in total. The van der Waals surface area contributed by atoms with Gasteiger partial charge in [0.2, 0.25) is 0 Å². The minimum absolute atomic E-state index is 0.0381. The predicted molar refractivity (Wildman–Crippen MR) is 101 cm³/mol. The maximum atomic E-state index is 11.6. The van der Waals surface area contributed by atoms with Crippen LogP contribution in [0.1, 0.15) is 53.7 Å². The Labute approximate surface area is 157 Å². The molecule has 2 aromatic rings. The number of aliphatic hydroxyl groups is 1. The fourth-order valence-electron chi connectivity index (χ4n) is 4.38. The molecule has 2 aliphatic rings. The fraction of sp³-hybridized carbons (Fsp3) is 0.476. The Morgan fingerprint density at radius 1 is 1.23 bits per heavy atom. The Kier molecular flexibility index (Phi) is 5.00. The topological polar surface area (TPSA) is 66.8 Å². The van der Waals surface area contributed by atoms with Gasteiger partial charge in [0.1, 0.15) is 5.75 Å². The lowest BCUT2D eigenvalue weighted by molar-refractivity contribution is -0.143. The average molecular weight is 372 g/mol. The molecule has 0 bridgehead atoms. The molecule has 4 atom stereocenters. The highest BCUT2D eigenvalue weighted by molar-refractivity contribution is 7.09. The molecule has 1 aliphatic carbocycles. The Bertz CT molecular complexity index is 770. The van der Waals surface area contributed by atoms with Crippen LogP contribution in [0.4, 0.5) is 0 Å². The summed E-state index contributed by atoms with van der Waals surface area (Å²) in [7, 11) is 0. The van der Waals surface area contributed by atoms with E-state index >= 15 is 0 Å². The third kappa shape index (κ3) is 3.38. The SMILES string of the molecule is O=C(O)C1CCCCC1c1ccc2c(c1)OC[C@H](Cc1cccs1)[C@H]2O. The zero-order valence-electron chi connectivity index (χ0n) is 14.6. The second-order valence-electron chi connectivity index (χ2n) is 7.43. The lowest BCUT2D eigenvalue weighted by atomic mass is 9.75. The maximum absolute atomic E-state index is 11.6. The molecule has 1 aromatic heterocycles. The highest BCUT2D eigenvalue weighted by atomic mass is 32.1. The summed E-state index contributed by atoms with van der Waals surface area (Å²) in [6.07, 6.45) is 3.96. The summed E-state index contributed by atoms with van der Waals surface area (Å²) < 4.78 is 5.98. The van der Waals surface area contributed by atoms with Gasteiger partial charge in [0.05, 0.1) is 18.6 Å². The molecule has 1 aromatic carbocycles. The molecule has 1 fully saturated rings. The summed E-state index contributed by atoms with van der Waals surface area (Å²) in [5, 5.41) is 22.4. The summed E-state index contributed by atoms with van der Waals surface area (Å²) in [4.78, 5) is 12.9. The summed E-state index contributed by atoms with van der Waals surface area (Å²) in [5.41, 5.74) is 1.85. The number of hydrogen-bond donors (Lipinski definition) is 2. The van der Waals surface area contributed by atoms with E-state index in [0.717, 1.165) is 43.2 Å². The summed E-state index contributed by atoms with van der Waals surface area (Å²) in [6.45, 7) is 0.489. The number of carbonyl (C=O) groups is 1. The number of benzene rings is 1. The summed E-state index contributed by atoms with van der Waals surface area (Å²) >= 11 is 1.70. The lowest BCUT2D eigenvalue weighted by Gasteiger charge is -2.33. The third-order valence-electron chi connectivity index (χ3n) is 5.81. The van der Waals surface area contributed by atoms with Gasteiger partial charge < -0.3 is 14.9 Å². The second kappa shape index (κ2) is 7.41. The van der Waals surface area contributed by atoms with Crippen molar-refractivity contribution in [2.75, 3.05) is 6.61 Å². The summed E-state index contributed by atoms with van der Waals surface area (Å²) in [6, 6.07) is 10.0. The molecule has 0 amide bonds. The Balaban J connectivity index is 1.55. The van der Waals surface area contributed by atoms with Crippen LogP contribution in [-0.4, -0.2) is 22.8 Å². The van der Waals surface area contributed by atoms with Crippen molar-refractivity contribution in [3.63, 3.8) is 0 Å². The van der Waals surface area contributed by atoms with E-state index in [1.54, 1.807) is 11.3 Å². The van der Waals surface area contributed by atoms with E-state index in [4.69, 9.17) is 4.74 Å². The first-order valence-corrected chi connectivity index (χ1v) is 10.2. The smallest absolute Gasteiger partial charge is 0.307 e. The Hall–Kier alpha value is -1.85. The highest BCUT2D eigenvalue weighted by Crippen LogP contribution is 2.43. The number of carboxylic acids is 1. The van der Waals surface area contributed by atoms with Gasteiger partial charge >= 0.3 is 5.97 Å². The van der Waals surface area contributed by atoms with Gasteiger partial charge in [-0.15, -0.1) is 11.3 Å². The van der Waals surface area contributed by atoms with E-state index in [0.29, 0.717) is 12.4 Å². The van der Waals surface area contributed by atoms with Crippen molar-refractivity contribution in [3.8, 4) is 5.75 Å². The number of ether oxygens (including phenoxy) is 1. The van der Waals surface area contributed by atoms with Gasteiger partial charge in [-0.2, -0.15) is 0 Å². The van der Waals surface area contributed by atoms with Crippen molar-refractivity contribution in [2.45, 2.75) is 44.1 Å². The molecule has 0 spiro atoms. The van der Waals surface area contributed by atoms with Crippen LogP contribution in [0.15, 0.2) is 35.7 Å². The minimum atomic E-state index is -0.704. The van der Waals surface area contributed by atoms with E-state index in [-0.39, 0.29) is 17.8 Å². The van der Waals surface area contributed by atoms with Crippen LogP contribution in [0, 0.1) is 11.8 Å². The van der Waals surface area contributed by atoms with Gasteiger partial charge in [-0.3, -0.25) is 4.79 Å². The van der Waals surface area contributed by atoms with Crippen LogP contribution in [0.25, 0.3) is 0 Å². The number of thiophene rings is 1. The van der Waals surface area contributed by atoms with Crippen LogP contribution in [0.5, 0.6) is 5.75 Å².